The summed E-state index contributed by atoms with van der Waals surface area (Å²) in [7, 11) is 1.47. The number of carbonyl (C=O) groups excluding carboxylic acids is 4. The fraction of sp³-hybridized carbons (Fsp3) is 0.400. The van der Waals surface area contributed by atoms with Crippen LogP contribution in [0.4, 0.5) is 5.00 Å². The second-order valence-corrected chi connectivity index (χ2v) is 8.51. The van der Waals surface area contributed by atoms with Crippen molar-refractivity contribution >= 4 is 51.4 Å². The standard InChI is InChI=1S/C20H24N2O6S2/c1-6-12-8-13(29-11(12)4)19(25)28-9-14(23)22-18-15(20(26)27-7-2)10(3)16(30-18)17(24)21-5/h8H,6-7,9H2,1-5H3,(H,21,24)(H,22,23). The van der Waals surface area contributed by atoms with Crippen LogP contribution < -0.4 is 10.6 Å². The number of amides is 2. The Hall–Kier alpha value is -2.72. The fourth-order valence-electron chi connectivity index (χ4n) is 2.72. The molecule has 2 heterocycles. The lowest BCUT2D eigenvalue weighted by Gasteiger charge is -2.07. The topological polar surface area (TPSA) is 111 Å². The van der Waals surface area contributed by atoms with Gasteiger partial charge in [0.2, 0.25) is 0 Å². The molecule has 0 aliphatic heterocycles. The summed E-state index contributed by atoms with van der Waals surface area (Å²) in [5.41, 5.74) is 1.58. The van der Waals surface area contributed by atoms with E-state index >= 15 is 0 Å². The third kappa shape index (κ3) is 5.25. The molecule has 2 rings (SSSR count). The number of anilines is 1. The number of carbonyl (C=O) groups is 4. The summed E-state index contributed by atoms with van der Waals surface area (Å²) in [6.07, 6.45) is 0.804. The van der Waals surface area contributed by atoms with Gasteiger partial charge in [-0.3, -0.25) is 9.59 Å². The van der Waals surface area contributed by atoms with Crippen molar-refractivity contribution in [3.8, 4) is 0 Å². The van der Waals surface area contributed by atoms with Crippen molar-refractivity contribution in [1.29, 1.82) is 0 Å². The first kappa shape index (κ1) is 23.6. The number of rotatable bonds is 8. The van der Waals surface area contributed by atoms with Crippen LogP contribution in [-0.4, -0.2) is 44.0 Å². The van der Waals surface area contributed by atoms with Crippen molar-refractivity contribution in [2.45, 2.75) is 34.1 Å². The lowest BCUT2D eigenvalue weighted by Crippen LogP contribution is -2.21. The van der Waals surface area contributed by atoms with Gasteiger partial charge in [-0.2, -0.15) is 0 Å². The van der Waals surface area contributed by atoms with E-state index in [1.165, 1.54) is 18.4 Å². The van der Waals surface area contributed by atoms with Crippen molar-refractivity contribution in [2.24, 2.45) is 0 Å². The first-order valence-corrected chi connectivity index (χ1v) is 11.0. The molecule has 2 amide bonds. The number of esters is 2. The number of hydrogen-bond donors (Lipinski definition) is 2. The number of aryl methyl sites for hydroxylation is 2. The Morgan fingerprint density at radius 2 is 1.73 bits per heavy atom. The molecule has 0 aromatic carbocycles. The van der Waals surface area contributed by atoms with Gasteiger partial charge in [0.05, 0.1) is 17.0 Å². The number of ether oxygens (including phenoxy) is 2. The molecule has 0 radical (unpaired) electrons. The zero-order valence-corrected chi connectivity index (χ0v) is 19.1. The van der Waals surface area contributed by atoms with Gasteiger partial charge in [-0.05, 0) is 44.4 Å². The third-order valence-corrected chi connectivity index (χ3v) is 6.53. The van der Waals surface area contributed by atoms with Gasteiger partial charge in [0.25, 0.3) is 11.8 Å². The molecule has 8 nitrogen and oxygen atoms in total. The summed E-state index contributed by atoms with van der Waals surface area (Å²) in [6.45, 7) is 6.81. The lowest BCUT2D eigenvalue weighted by atomic mass is 10.1. The minimum Gasteiger partial charge on any atom is -0.462 e. The summed E-state index contributed by atoms with van der Waals surface area (Å²) in [4.78, 5) is 50.7. The Bertz CT molecular complexity index is 976. The molecule has 0 saturated carbocycles. The molecule has 162 valence electrons. The Labute approximate surface area is 182 Å². The maximum Gasteiger partial charge on any atom is 0.348 e. The van der Waals surface area contributed by atoms with E-state index in [1.807, 2.05) is 13.8 Å². The van der Waals surface area contributed by atoms with Gasteiger partial charge >= 0.3 is 11.9 Å². The van der Waals surface area contributed by atoms with E-state index in [9.17, 15) is 19.2 Å². The monoisotopic (exact) mass is 452 g/mol. The van der Waals surface area contributed by atoms with Gasteiger partial charge in [-0.1, -0.05) is 6.92 Å². The number of hydrogen-bond acceptors (Lipinski definition) is 8. The summed E-state index contributed by atoms with van der Waals surface area (Å²) in [5.74, 6) is -2.23. The highest BCUT2D eigenvalue weighted by Crippen LogP contribution is 2.33. The number of nitrogens with one attached hydrogen (secondary N) is 2. The number of thiophene rings is 2. The maximum absolute atomic E-state index is 12.3. The van der Waals surface area contributed by atoms with E-state index in [4.69, 9.17) is 9.47 Å². The van der Waals surface area contributed by atoms with Crippen molar-refractivity contribution in [2.75, 3.05) is 25.6 Å². The predicted octanol–water partition coefficient (Wildman–Crippen LogP) is 3.32. The Morgan fingerprint density at radius 3 is 2.30 bits per heavy atom. The molecule has 0 saturated heterocycles. The molecule has 0 bridgehead atoms. The normalized spacial score (nSPS) is 10.4. The minimum absolute atomic E-state index is 0.113. The molecular formula is C20H24N2O6S2. The van der Waals surface area contributed by atoms with E-state index in [-0.39, 0.29) is 28.0 Å². The van der Waals surface area contributed by atoms with Gasteiger partial charge in [-0.15, -0.1) is 22.7 Å². The van der Waals surface area contributed by atoms with E-state index < -0.39 is 24.5 Å². The van der Waals surface area contributed by atoms with Crippen LogP contribution in [0.25, 0.3) is 0 Å². The average molecular weight is 453 g/mol. The highest BCUT2D eigenvalue weighted by atomic mass is 32.1. The highest BCUT2D eigenvalue weighted by molar-refractivity contribution is 7.18. The summed E-state index contributed by atoms with van der Waals surface area (Å²) >= 11 is 2.27. The van der Waals surface area contributed by atoms with Gasteiger partial charge in [0, 0.05) is 11.9 Å². The van der Waals surface area contributed by atoms with Gasteiger partial charge in [-0.25, -0.2) is 9.59 Å². The van der Waals surface area contributed by atoms with E-state index in [0.29, 0.717) is 10.4 Å². The molecule has 0 fully saturated rings. The van der Waals surface area contributed by atoms with Crippen LogP contribution in [0.5, 0.6) is 0 Å². The molecule has 0 aliphatic rings. The van der Waals surface area contributed by atoms with Crippen LogP contribution in [0.15, 0.2) is 6.07 Å². The molecular weight excluding hydrogens is 428 g/mol. The highest BCUT2D eigenvalue weighted by Gasteiger charge is 2.26. The Morgan fingerprint density at radius 1 is 1.03 bits per heavy atom. The SMILES string of the molecule is CCOC(=O)c1c(NC(=O)COC(=O)c2cc(CC)c(C)s2)sc(C(=O)NC)c1C. The molecule has 0 atom stereocenters. The van der Waals surface area contributed by atoms with E-state index in [1.54, 1.807) is 19.9 Å². The van der Waals surface area contributed by atoms with Crippen LogP contribution in [-0.2, 0) is 20.7 Å². The predicted molar refractivity (Wildman–Crippen MR) is 116 cm³/mol. The fourth-order valence-corrected chi connectivity index (χ4v) is 4.88. The summed E-state index contributed by atoms with van der Waals surface area (Å²) in [5, 5.41) is 5.22. The molecule has 0 unspecified atom stereocenters. The third-order valence-electron chi connectivity index (χ3n) is 4.25. The average Bonchev–Trinajstić information content (AvgIpc) is 3.25. The molecule has 0 spiro atoms. The van der Waals surface area contributed by atoms with Crippen molar-refractivity contribution in [1.82, 2.24) is 5.32 Å². The van der Waals surface area contributed by atoms with Crippen LogP contribution in [0.1, 0.15) is 59.6 Å². The summed E-state index contributed by atoms with van der Waals surface area (Å²) in [6, 6.07) is 1.76. The molecule has 2 aromatic heterocycles. The Balaban J connectivity index is 2.14. The second kappa shape index (κ2) is 10.4. The summed E-state index contributed by atoms with van der Waals surface area (Å²) < 4.78 is 10.1. The van der Waals surface area contributed by atoms with Crippen LogP contribution >= 0.6 is 22.7 Å². The Kier molecular flexibility index (Phi) is 8.13. The van der Waals surface area contributed by atoms with Crippen LogP contribution in [0.3, 0.4) is 0 Å². The molecule has 2 aromatic rings. The van der Waals surface area contributed by atoms with Crippen LogP contribution in [0.2, 0.25) is 0 Å². The smallest absolute Gasteiger partial charge is 0.348 e. The molecule has 0 aliphatic carbocycles. The van der Waals surface area contributed by atoms with E-state index in [0.717, 1.165) is 28.2 Å². The van der Waals surface area contributed by atoms with Crippen LogP contribution in [0, 0.1) is 13.8 Å². The van der Waals surface area contributed by atoms with Gasteiger partial charge in [0.15, 0.2) is 6.61 Å². The zero-order valence-electron chi connectivity index (χ0n) is 17.5. The molecule has 30 heavy (non-hydrogen) atoms. The van der Waals surface area contributed by atoms with Crippen molar-refractivity contribution in [3.05, 3.63) is 37.4 Å². The van der Waals surface area contributed by atoms with Gasteiger partial charge < -0.3 is 20.1 Å². The molecule has 2 N–H and O–H groups in total. The van der Waals surface area contributed by atoms with Crippen molar-refractivity contribution < 1.29 is 28.7 Å². The van der Waals surface area contributed by atoms with Gasteiger partial charge in [0.1, 0.15) is 9.88 Å². The second-order valence-electron chi connectivity index (χ2n) is 6.23. The lowest BCUT2D eigenvalue weighted by molar-refractivity contribution is -0.119. The first-order chi connectivity index (χ1) is 14.2. The van der Waals surface area contributed by atoms with E-state index in [2.05, 4.69) is 10.6 Å². The maximum atomic E-state index is 12.3. The largest absolute Gasteiger partial charge is 0.462 e. The quantitative estimate of drug-likeness (QED) is 0.595. The minimum atomic E-state index is -0.644. The zero-order chi connectivity index (χ0) is 22.4. The molecule has 10 heteroatoms. The van der Waals surface area contributed by atoms with Crippen molar-refractivity contribution in [3.63, 3.8) is 0 Å². The first-order valence-electron chi connectivity index (χ1n) is 9.32.